The van der Waals surface area contributed by atoms with Gasteiger partial charge in [0.1, 0.15) is 0 Å². The summed E-state index contributed by atoms with van der Waals surface area (Å²) in [5, 5.41) is 2.55. The lowest BCUT2D eigenvalue weighted by Crippen LogP contribution is -2.32. The Morgan fingerprint density at radius 3 is 2.47 bits per heavy atom. The van der Waals surface area contributed by atoms with Crippen LogP contribution in [0, 0.1) is 6.92 Å². The highest BCUT2D eigenvalue weighted by Gasteiger charge is 2.33. The second kappa shape index (κ2) is 5.11. The largest absolute Gasteiger partial charge is 0.416 e. The molecule has 0 unspecified atom stereocenters. The number of nitrogens with zero attached hydrogens (tertiary/aromatic N) is 1. The number of halogens is 3. The molecule has 1 saturated heterocycles. The van der Waals surface area contributed by atoms with E-state index >= 15 is 0 Å². The Morgan fingerprint density at radius 1 is 1.26 bits per heavy atom. The number of urea groups is 1. The quantitative estimate of drug-likeness (QED) is 0.831. The van der Waals surface area contributed by atoms with E-state index in [1.165, 1.54) is 19.1 Å². The Kier molecular flexibility index (Phi) is 3.68. The molecule has 104 valence electrons. The average Bonchev–Trinajstić information content (AvgIpc) is 2.83. The second-order valence-corrected chi connectivity index (χ2v) is 4.60. The topological polar surface area (TPSA) is 32.3 Å². The molecule has 0 saturated carbocycles. The van der Waals surface area contributed by atoms with Gasteiger partial charge in [-0.15, -0.1) is 0 Å². The number of alkyl halides is 3. The number of rotatable bonds is 1. The van der Waals surface area contributed by atoms with Gasteiger partial charge in [-0.3, -0.25) is 0 Å². The first-order chi connectivity index (χ1) is 8.89. The van der Waals surface area contributed by atoms with Crippen molar-refractivity contribution in [3.8, 4) is 0 Å². The van der Waals surface area contributed by atoms with Crippen LogP contribution in [0.25, 0.3) is 0 Å². The van der Waals surface area contributed by atoms with Crippen LogP contribution in [0.2, 0.25) is 0 Å². The van der Waals surface area contributed by atoms with Gasteiger partial charge in [0.25, 0.3) is 0 Å². The number of amides is 2. The third-order valence-corrected chi connectivity index (χ3v) is 3.27. The predicted molar refractivity (Wildman–Crippen MR) is 66.0 cm³/mol. The van der Waals surface area contributed by atoms with Crippen molar-refractivity contribution in [2.24, 2.45) is 0 Å². The summed E-state index contributed by atoms with van der Waals surface area (Å²) < 4.78 is 38.2. The van der Waals surface area contributed by atoms with Crippen molar-refractivity contribution in [3.63, 3.8) is 0 Å². The minimum absolute atomic E-state index is 0.0440. The molecule has 1 N–H and O–H groups in total. The van der Waals surface area contributed by atoms with E-state index in [0.29, 0.717) is 13.1 Å². The van der Waals surface area contributed by atoms with Gasteiger partial charge in [0, 0.05) is 18.8 Å². The average molecular weight is 272 g/mol. The van der Waals surface area contributed by atoms with Crippen molar-refractivity contribution in [2.45, 2.75) is 25.9 Å². The summed E-state index contributed by atoms with van der Waals surface area (Å²) in [5.74, 6) is 0. The molecule has 2 amide bonds. The van der Waals surface area contributed by atoms with Crippen LogP contribution < -0.4 is 5.32 Å². The number of carbonyl (C=O) groups excluding carboxylic acids is 1. The normalized spacial score (nSPS) is 15.7. The second-order valence-electron chi connectivity index (χ2n) is 4.60. The van der Waals surface area contributed by atoms with Crippen LogP contribution in [0.15, 0.2) is 18.2 Å². The van der Waals surface area contributed by atoms with Gasteiger partial charge in [0.2, 0.25) is 0 Å². The molecule has 0 atom stereocenters. The summed E-state index contributed by atoms with van der Waals surface area (Å²) in [6.45, 7) is 2.68. The van der Waals surface area contributed by atoms with Crippen LogP contribution in [-0.2, 0) is 6.18 Å². The van der Waals surface area contributed by atoms with Crippen molar-refractivity contribution >= 4 is 11.7 Å². The number of benzene rings is 1. The molecule has 1 fully saturated rings. The predicted octanol–water partition coefficient (Wildman–Crippen LogP) is 3.64. The molecule has 1 heterocycles. The zero-order valence-electron chi connectivity index (χ0n) is 10.5. The Labute approximate surface area is 109 Å². The molecule has 1 aromatic carbocycles. The maximum absolute atomic E-state index is 12.7. The smallest absolute Gasteiger partial charge is 0.325 e. The fourth-order valence-electron chi connectivity index (χ4n) is 2.19. The Morgan fingerprint density at radius 2 is 1.89 bits per heavy atom. The lowest BCUT2D eigenvalue weighted by Gasteiger charge is -2.19. The van der Waals surface area contributed by atoms with Gasteiger partial charge < -0.3 is 10.2 Å². The summed E-state index contributed by atoms with van der Waals surface area (Å²) in [6, 6.07) is 3.47. The Hall–Kier alpha value is -1.72. The SMILES string of the molecule is Cc1c(NC(=O)N2CCCC2)cccc1C(F)(F)F. The molecule has 3 nitrogen and oxygen atoms in total. The van der Waals surface area contributed by atoms with Crippen LogP contribution in [0.5, 0.6) is 0 Å². The van der Waals surface area contributed by atoms with E-state index in [-0.39, 0.29) is 17.3 Å². The van der Waals surface area contributed by atoms with E-state index in [1.807, 2.05) is 0 Å². The van der Waals surface area contributed by atoms with Crippen LogP contribution in [-0.4, -0.2) is 24.0 Å². The van der Waals surface area contributed by atoms with Gasteiger partial charge in [-0.1, -0.05) is 6.07 Å². The van der Waals surface area contributed by atoms with Crippen LogP contribution in [0.1, 0.15) is 24.0 Å². The van der Waals surface area contributed by atoms with Gasteiger partial charge >= 0.3 is 12.2 Å². The standard InChI is InChI=1S/C13H15F3N2O/c1-9-10(13(14,15)16)5-4-6-11(9)17-12(19)18-7-2-3-8-18/h4-6H,2-3,7-8H2,1H3,(H,17,19). The van der Waals surface area contributed by atoms with Gasteiger partial charge in [-0.2, -0.15) is 13.2 Å². The zero-order valence-corrected chi connectivity index (χ0v) is 10.5. The highest BCUT2D eigenvalue weighted by molar-refractivity contribution is 5.90. The summed E-state index contributed by atoms with van der Waals surface area (Å²) in [5.41, 5.74) is -0.457. The first kappa shape index (κ1) is 13.7. The highest BCUT2D eigenvalue weighted by Crippen LogP contribution is 2.34. The third-order valence-electron chi connectivity index (χ3n) is 3.27. The van der Waals surface area contributed by atoms with Crippen LogP contribution in [0.4, 0.5) is 23.7 Å². The lowest BCUT2D eigenvalue weighted by molar-refractivity contribution is -0.138. The summed E-state index contributed by atoms with van der Waals surface area (Å²) in [6.07, 6.45) is -2.53. The molecule has 0 bridgehead atoms. The number of nitrogens with one attached hydrogen (secondary N) is 1. The summed E-state index contributed by atoms with van der Waals surface area (Å²) >= 11 is 0. The van der Waals surface area contributed by atoms with Crippen LogP contribution in [0.3, 0.4) is 0 Å². The van der Waals surface area contributed by atoms with E-state index in [9.17, 15) is 18.0 Å². The molecule has 0 aromatic heterocycles. The number of hydrogen-bond acceptors (Lipinski definition) is 1. The fourth-order valence-corrected chi connectivity index (χ4v) is 2.19. The van der Waals surface area contributed by atoms with Gasteiger partial charge in [-0.05, 0) is 37.5 Å². The highest BCUT2D eigenvalue weighted by atomic mass is 19.4. The lowest BCUT2D eigenvalue weighted by atomic mass is 10.1. The van der Waals surface area contributed by atoms with E-state index in [1.54, 1.807) is 4.90 Å². The minimum Gasteiger partial charge on any atom is -0.325 e. The number of anilines is 1. The summed E-state index contributed by atoms with van der Waals surface area (Å²) in [4.78, 5) is 13.5. The monoisotopic (exact) mass is 272 g/mol. The first-order valence-corrected chi connectivity index (χ1v) is 6.12. The van der Waals surface area contributed by atoms with Crippen LogP contribution >= 0.6 is 0 Å². The fraction of sp³-hybridized carbons (Fsp3) is 0.462. The maximum Gasteiger partial charge on any atom is 0.416 e. The van der Waals surface area contributed by atoms with E-state index in [4.69, 9.17) is 0 Å². The molecule has 1 aliphatic heterocycles. The van der Waals surface area contributed by atoms with Crippen molar-refractivity contribution in [1.29, 1.82) is 0 Å². The van der Waals surface area contributed by atoms with E-state index in [2.05, 4.69) is 5.32 Å². The van der Waals surface area contributed by atoms with Crippen molar-refractivity contribution < 1.29 is 18.0 Å². The minimum atomic E-state index is -4.40. The van der Waals surface area contributed by atoms with E-state index in [0.717, 1.165) is 18.9 Å². The molecule has 6 heteroatoms. The Balaban J connectivity index is 2.19. The molecule has 1 aromatic rings. The molecule has 0 aliphatic carbocycles. The summed E-state index contributed by atoms with van der Waals surface area (Å²) in [7, 11) is 0. The van der Waals surface area contributed by atoms with Crippen molar-refractivity contribution in [1.82, 2.24) is 4.90 Å². The molecular weight excluding hydrogens is 257 g/mol. The zero-order chi connectivity index (χ0) is 14.0. The van der Waals surface area contributed by atoms with Crippen molar-refractivity contribution in [2.75, 3.05) is 18.4 Å². The maximum atomic E-state index is 12.7. The van der Waals surface area contributed by atoms with Gasteiger partial charge in [-0.25, -0.2) is 4.79 Å². The molecule has 2 rings (SSSR count). The van der Waals surface area contributed by atoms with Gasteiger partial charge in [0.05, 0.1) is 5.56 Å². The van der Waals surface area contributed by atoms with Crippen molar-refractivity contribution in [3.05, 3.63) is 29.3 Å². The van der Waals surface area contributed by atoms with Gasteiger partial charge in [0.15, 0.2) is 0 Å². The number of carbonyl (C=O) groups is 1. The molecular formula is C13H15F3N2O. The molecule has 0 radical (unpaired) electrons. The van der Waals surface area contributed by atoms with E-state index < -0.39 is 11.7 Å². The number of hydrogen-bond donors (Lipinski definition) is 1. The Bertz CT molecular complexity index is 479. The molecule has 0 spiro atoms. The third kappa shape index (κ3) is 3.00. The number of likely N-dealkylation sites (tertiary alicyclic amines) is 1. The molecule has 19 heavy (non-hydrogen) atoms. The first-order valence-electron chi connectivity index (χ1n) is 6.12. The molecule has 1 aliphatic rings.